The third kappa shape index (κ3) is 3.69. The summed E-state index contributed by atoms with van der Waals surface area (Å²) >= 11 is 0. The SMILES string of the molecule is C[C@H](NS(=O)(=O)N(C)C)[C@@H](O)c1c(F)cccc1F. The van der Waals surface area contributed by atoms with Gasteiger partial charge in [-0.25, -0.2) is 8.78 Å². The van der Waals surface area contributed by atoms with E-state index in [1.807, 2.05) is 0 Å². The highest BCUT2D eigenvalue weighted by Gasteiger charge is 2.27. The molecule has 0 fully saturated rings. The van der Waals surface area contributed by atoms with Gasteiger partial charge in [0, 0.05) is 14.1 Å². The number of rotatable bonds is 5. The summed E-state index contributed by atoms with van der Waals surface area (Å²) in [7, 11) is -1.20. The van der Waals surface area contributed by atoms with Crippen LogP contribution < -0.4 is 4.72 Å². The molecule has 0 saturated carbocycles. The summed E-state index contributed by atoms with van der Waals surface area (Å²) in [6.07, 6.45) is -1.63. The summed E-state index contributed by atoms with van der Waals surface area (Å²) in [5, 5.41) is 9.87. The topological polar surface area (TPSA) is 69.6 Å². The van der Waals surface area contributed by atoms with E-state index < -0.39 is 39.6 Å². The van der Waals surface area contributed by atoms with Crippen LogP contribution >= 0.6 is 0 Å². The van der Waals surface area contributed by atoms with Crippen LogP contribution in [0.5, 0.6) is 0 Å². The van der Waals surface area contributed by atoms with Gasteiger partial charge < -0.3 is 5.11 Å². The number of aliphatic hydroxyl groups is 1. The number of benzene rings is 1. The molecule has 1 aromatic rings. The van der Waals surface area contributed by atoms with Gasteiger partial charge in [0.25, 0.3) is 10.2 Å². The lowest BCUT2D eigenvalue weighted by Gasteiger charge is -2.23. The predicted octanol–water partition coefficient (Wildman–Crippen LogP) is 0.783. The second kappa shape index (κ2) is 5.91. The molecule has 2 N–H and O–H groups in total. The maximum Gasteiger partial charge on any atom is 0.279 e. The van der Waals surface area contributed by atoms with Crippen LogP contribution in [0.25, 0.3) is 0 Å². The minimum absolute atomic E-state index is 0.559. The molecule has 0 unspecified atom stereocenters. The maximum atomic E-state index is 13.5. The van der Waals surface area contributed by atoms with E-state index in [1.54, 1.807) is 0 Å². The molecular formula is C11H16F2N2O3S. The van der Waals surface area contributed by atoms with Crippen LogP contribution in [0.15, 0.2) is 18.2 Å². The largest absolute Gasteiger partial charge is 0.387 e. The van der Waals surface area contributed by atoms with Crippen molar-refractivity contribution in [2.45, 2.75) is 19.1 Å². The van der Waals surface area contributed by atoms with E-state index in [-0.39, 0.29) is 0 Å². The first-order chi connectivity index (χ1) is 8.66. The van der Waals surface area contributed by atoms with Crippen LogP contribution in [-0.2, 0) is 10.2 Å². The molecule has 0 aliphatic heterocycles. The zero-order valence-corrected chi connectivity index (χ0v) is 11.6. The van der Waals surface area contributed by atoms with Crippen LogP contribution in [0.4, 0.5) is 8.78 Å². The van der Waals surface area contributed by atoms with Crippen LogP contribution in [0.1, 0.15) is 18.6 Å². The summed E-state index contributed by atoms with van der Waals surface area (Å²) < 4.78 is 53.1. The van der Waals surface area contributed by atoms with Crippen LogP contribution in [-0.4, -0.2) is 38.0 Å². The van der Waals surface area contributed by atoms with Gasteiger partial charge in [0.1, 0.15) is 17.7 Å². The van der Waals surface area contributed by atoms with Crippen molar-refractivity contribution in [1.29, 1.82) is 0 Å². The second-order valence-corrected chi connectivity index (χ2v) is 6.19. The molecule has 0 aromatic heterocycles. The first-order valence-electron chi connectivity index (χ1n) is 5.48. The van der Waals surface area contributed by atoms with Gasteiger partial charge in [-0.05, 0) is 19.1 Å². The molecule has 0 spiro atoms. The van der Waals surface area contributed by atoms with Crippen molar-refractivity contribution in [1.82, 2.24) is 9.03 Å². The predicted molar refractivity (Wildman–Crippen MR) is 66.5 cm³/mol. The standard InChI is InChI=1S/C11H16F2N2O3S/c1-7(14-19(17,18)15(2)3)11(16)10-8(12)5-4-6-9(10)13/h4-7,11,14,16H,1-3H3/t7-,11+/m0/s1. The number of nitrogens with zero attached hydrogens (tertiary/aromatic N) is 1. The Hall–Kier alpha value is -1.09. The minimum Gasteiger partial charge on any atom is -0.387 e. The fraction of sp³-hybridized carbons (Fsp3) is 0.455. The normalized spacial score (nSPS) is 15.5. The molecule has 0 aliphatic rings. The van der Waals surface area contributed by atoms with Crippen LogP contribution in [0.2, 0.25) is 0 Å². The number of hydrogen-bond donors (Lipinski definition) is 2. The van der Waals surface area contributed by atoms with Crippen LogP contribution in [0.3, 0.4) is 0 Å². The van der Waals surface area contributed by atoms with Gasteiger partial charge >= 0.3 is 0 Å². The monoisotopic (exact) mass is 294 g/mol. The first-order valence-corrected chi connectivity index (χ1v) is 6.92. The summed E-state index contributed by atoms with van der Waals surface area (Å²) in [5.74, 6) is -1.85. The molecule has 0 saturated heterocycles. The average Bonchev–Trinajstić information content (AvgIpc) is 2.27. The van der Waals surface area contributed by atoms with Gasteiger partial charge in [0.05, 0.1) is 11.6 Å². The fourth-order valence-electron chi connectivity index (χ4n) is 1.45. The van der Waals surface area contributed by atoms with E-state index in [2.05, 4.69) is 4.72 Å². The van der Waals surface area contributed by atoms with E-state index in [1.165, 1.54) is 21.0 Å². The zero-order valence-electron chi connectivity index (χ0n) is 10.8. The van der Waals surface area contributed by atoms with Gasteiger partial charge in [-0.15, -0.1) is 0 Å². The molecule has 5 nitrogen and oxygen atoms in total. The number of halogens is 2. The molecule has 19 heavy (non-hydrogen) atoms. The smallest absolute Gasteiger partial charge is 0.279 e. The Balaban J connectivity index is 2.98. The van der Waals surface area contributed by atoms with E-state index in [0.717, 1.165) is 22.5 Å². The Morgan fingerprint density at radius 3 is 2.16 bits per heavy atom. The Kier molecular flexibility index (Phi) is 4.97. The van der Waals surface area contributed by atoms with E-state index in [0.29, 0.717) is 0 Å². The van der Waals surface area contributed by atoms with Crippen molar-refractivity contribution in [3.8, 4) is 0 Å². The maximum absolute atomic E-state index is 13.5. The molecule has 2 atom stereocenters. The Morgan fingerprint density at radius 1 is 1.26 bits per heavy atom. The fourth-order valence-corrected chi connectivity index (χ4v) is 2.26. The van der Waals surface area contributed by atoms with Gasteiger partial charge in [0.15, 0.2) is 0 Å². The van der Waals surface area contributed by atoms with Crippen molar-refractivity contribution in [2.24, 2.45) is 0 Å². The molecule has 0 amide bonds. The minimum atomic E-state index is -3.80. The van der Waals surface area contributed by atoms with Gasteiger partial charge in [-0.2, -0.15) is 17.4 Å². The summed E-state index contributed by atoms with van der Waals surface area (Å²) in [6.45, 7) is 1.32. The van der Waals surface area contributed by atoms with Gasteiger partial charge in [-0.3, -0.25) is 0 Å². The highest BCUT2D eigenvalue weighted by atomic mass is 32.2. The first kappa shape index (κ1) is 16.0. The lowest BCUT2D eigenvalue weighted by Crippen LogP contribution is -2.43. The molecule has 0 aliphatic carbocycles. The number of hydrogen-bond acceptors (Lipinski definition) is 3. The lowest BCUT2D eigenvalue weighted by molar-refractivity contribution is 0.136. The molecule has 0 radical (unpaired) electrons. The van der Waals surface area contributed by atoms with E-state index >= 15 is 0 Å². The average molecular weight is 294 g/mol. The Labute approximate surface area is 111 Å². The second-order valence-electron chi connectivity index (χ2n) is 4.27. The number of aliphatic hydroxyl groups excluding tert-OH is 1. The number of nitrogens with one attached hydrogen (secondary N) is 1. The Morgan fingerprint density at radius 2 is 1.74 bits per heavy atom. The molecule has 1 rings (SSSR count). The van der Waals surface area contributed by atoms with Crippen molar-refractivity contribution in [3.05, 3.63) is 35.4 Å². The van der Waals surface area contributed by atoms with Crippen molar-refractivity contribution in [3.63, 3.8) is 0 Å². The zero-order chi connectivity index (χ0) is 14.8. The molecule has 1 aromatic carbocycles. The third-order valence-corrected chi connectivity index (χ3v) is 4.22. The summed E-state index contributed by atoms with van der Waals surface area (Å²) in [6, 6.07) is 2.07. The third-order valence-electron chi connectivity index (χ3n) is 2.58. The van der Waals surface area contributed by atoms with Crippen LogP contribution in [0, 0.1) is 11.6 Å². The highest BCUT2D eigenvalue weighted by molar-refractivity contribution is 7.87. The van der Waals surface area contributed by atoms with E-state index in [4.69, 9.17) is 0 Å². The molecule has 108 valence electrons. The quantitative estimate of drug-likeness (QED) is 0.843. The summed E-state index contributed by atoms with van der Waals surface area (Å²) in [5.41, 5.74) is -0.559. The van der Waals surface area contributed by atoms with Crippen molar-refractivity contribution in [2.75, 3.05) is 14.1 Å². The lowest BCUT2D eigenvalue weighted by atomic mass is 10.0. The van der Waals surface area contributed by atoms with E-state index in [9.17, 15) is 22.3 Å². The molecule has 0 bridgehead atoms. The molecule has 0 heterocycles. The molecular weight excluding hydrogens is 278 g/mol. The molecule has 8 heteroatoms. The van der Waals surface area contributed by atoms with Gasteiger partial charge in [0.2, 0.25) is 0 Å². The van der Waals surface area contributed by atoms with Crippen molar-refractivity contribution >= 4 is 10.2 Å². The summed E-state index contributed by atoms with van der Waals surface area (Å²) in [4.78, 5) is 0. The Bertz CT molecular complexity index is 529. The van der Waals surface area contributed by atoms with Crippen molar-refractivity contribution < 1.29 is 22.3 Å². The van der Waals surface area contributed by atoms with Gasteiger partial charge in [-0.1, -0.05) is 6.07 Å². The highest BCUT2D eigenvalue weighted by Crippen LogP contribution is 2.23.